The number of piperidine rings is 3. The van der Waals surface area contributed by atoms with Gasteiger partial charge in [-0.25, -0.2) is 4.79 Å². The summed E-state index contributed by atoms with van der Waals surface area (Å²) in [5.41, 5.74) is 2.97. The smallest absolute Gasteiger partial charge is 0.430 e. The van der Waals surface area contributed by atoms with Gasteiger partial charge in [-0.15, -0.1) is 0 Å². The van der Waals surface area contributed by atoms with Crippen molar-refractivity contribution in [1.29, 1.82) is 0 Å². The van der Waals surface area contributed by atoms with E-state index in [4.69, 9.17) is 19.2 Å². The van der Waals surface area contributed by atoms with Crippen LogP contribution in [-0.2, 0) is 27.4 Å². The summed E-state index contributed by atoms with van der Waals surface area (Å²) in [4.78, 5) is 27.1. The van der Waals surface area contributed by atoms with Gasteiger partial charge >= 0.3 is 12.1 Å². The van der Waals surface area contributed by atoms with E-state index in [2.05, 4.69) is 27.6 Å². The lowest BCUT2D eigenvalue weighted by Crippen LogP contribution is -2.64. The van der Waals surface area contributed by atoms with Crippen LogP contribution in [-0.4, -0.2) is 58.5 Å². The predicted molar refractivity (Wildman–Crippen MR) is 154 cm³/mol. The Hall–Kier alpha value is -4.55. The van der Waals surface area contributed by atoms with Crippen molar-refractivity contribution in [1.82, 2.24) is 15.5 Å². The molecule has 45 heavy (non-hydrogen) atoms. The number of quaternary nitrogens is 1. The second kappa shape index (κ2) is 14.0. The van der Waals surface area contributed by atoms with Crippen LogP contribution < -0.4 is 10.4 Å². The molecule has 2 bridgehead atoms. The van der Waals surface area contributed by atoms with Gasteiger partial charge in [0.2, 0.25) is 5.82 Å². The minimum absolute atomic E-state index is 0.116. The SMILES string of the molecule is O=C(O[C@H]1C[N+]2(Cc3noc(-c4ccccc4)n3)CCC1CC2)C(NCc1ccccc1)c1ccccc1.O=C([O-])C(F)(F)F. The Morgan fingerprint density at radius 2 is 1.53 bits per heavy atom. The van der Waals surface area contributed by atoms with E-state index >= 15 is 0 Å². The number of carbonyl (C=O) groups is 2. The molecule has 12 heteroatoms. The number of nitrogens with zero attached hydrogens (tertiary/aromatic N) is 3. The van der Waals surface area contributed by atoms with E-state index in [1.165, 1.54) is 0 Å². The number of rotatable bonds is 9. The van der Waals surface area contributed by atoms with Crippen molar-refractivity contribution in [3.8, 4) is 11.5 Å². The fourth-order valence-electron chi connectivity index (χ4n) is 5.91. The Morgan fingerprint density at radius 1 is 0.956 bits per heavy atom. The van der Waals surface area contributed by atoms with Gasteiger partial charge in [0, 0.05) is 30.9 Å². The number of carboxylic acid groups (broad SMARTS) is 1. The third-order valence-corrected chi connectivity index (χ3v) is 8.23. The number of hydrogen-bond acceptors (Lipinski definition) is 8. The lowest BCUT2D eigenvalue weighted by atomic mass is 9.83. The van der Waals surface area contributed by atoms with E-state index in [0.29, 0.717) is 30.7 Å². The third kappa shape index (κ3) is 8.34. The topological polar surface area (TPSA) is 117 Å². The molecule has 0 aliphatic carbocycles. The largest absolute Gasteiger partial charge is 0.542 e. The second-order valence-electron chi connectivity index (χ2n) is 11.3. The van der Waals surface area contributed by atoms with Crippen molar-refractivity contribution >= 4 is 11.9 Å². The summed E-state index contributed by atoms with van der Waals surface area (Å²) in [6.45, 7) is 4.15. The molecule has 0 spiro atoms. The van der Waals surface area contributed by atoms with Crippen molar-refractivity contribution in [2.24, 2.45) is 5.92 Å². The molecule has 0 radical (unpaired) electrons. The Kier molecular flexibility index (Phi) is 9.94. The van der Waals surface area contributed by atoms with E-state index in [9.17, 15) is 18.0 Å². The zero-order valence-electron chi connectivity index (χ0n) is 24.4. The molecule has 1 N–H and O–H groups in total. The summed E-state index contributed by atoms with van der Waals surface area (Å²) < 4.78 is 44.2. The molecular formula is C33H33F3N4O5. The Balaban J connectivity index is 0.000000515. The van der Waals surface area contributed by atoms with Crippen molar-refractivity contribution in [2.45, 2.75) is 44.3 Å². The molecule has 3 aliphatic heterocycles. The lowest BCUT2D eigenvalue weighted by molar-refractivity contribution is -0.958. The molecule has 4 heterocycles. The summed E-state index contributed by atoms with van der Waals surface area (Å²) in [5.74, 6) is -1.57. The summed E-state index contributed by atoms with van der Waals surface area (Å²) >= 11 is 0. The van der Waals surface area contributed by atoms with Crippen LogP contribution in [0.1, 0.15) is 35.8 Å². The first-order valence-electron chi connectivity index (χ1n) is 14.7. The predicted octanol–water partition coefficient (Wildman–Crippen LogP) is 4.22. The number of alkyl halides is 3. The van der Waals surface area contributed by atoms with Gasteiger partial charge in [0.1, 0.15) is 25.1 Å². The van der Waals surface area contributed by atoms with Crippen LogP contribution >= 0.6 is 0 Å². The van der Waals surface area contributed by atoms with E-state index in [1.54, 1.807) is 0 Å². The molecule has 7 rings (SSSR count). The first kappa shape index (κ1) is 31.9. The standard InChI is InChI=1S/C31H33N4O3.C2HF3O2/c36-31(29(25-12-6-2-7-13-25)32-20-23-10-4-1-5-11-23)37-27-21-35(18-16-24(27)17-19-35)22-28-33-30(38-34-28)26-14-8-3-9-15-26;3-2(4,5)1(6)7/h1-15,24,27,29,32H,16-22H2;(H,6,7)/q+1;/p-1/t24?,27-,29?,35?;/m0./s1. The van der Waals surface area contributed by atoms with Crippen molar-refractivity contribution < 1.29 is 41.6 Å². The fraction of sp³-hybridized carbons (Fsp3) is 0.333. The number of hydrogen-bond donors (Lipinski definition) is 1. The number of ether oxygens (including phenoxy) is 1. The normalized spacial score (nSPS) is 21.3. The molecule has 4 aromatic rings. The highest BCUT2D eigenvalue weighted by atomic mass is 19.4. The molecular weight excluding hydrogens is 589 g/mol. The maximum Gasteiger partial charge on any atom is 0.430 e. The van der Waals surface area contributed by atoms with Crippen LogP contribution in [0, 0.1) is 5.92 Å². The molecule has 9 nitrogen and oxygen atoms in total. The average Bonchev–Trinajstić information content (AvgIpc) is 3.51. The quantitative estimate of drug-likeness (QED) is 0.218. The Bertz CT molecular complexity index is 1540. The van der Waals surface area contributed by atoms with Crippen molar-refractivity contribution in [2.75, 3.05) is 19.6 Å². The van der Waals surface area contributed by atoms with Crippen molar-refractivity contribution in [3.63, 3.8) is 0 Å². The highest BCUT2D eigenvalue weighted by molar-refractivity contribution is 5.78. The second-order valence-corrected chi connectivity index (χ2v) is 11.3. The molecule has 3 fully saturated rings. The van der Waals surface area contributed by atoms with Gasteiger partial charge in [-0.3, -0.25) is 5.32 Å². The van der Waals surface area contributed by atoms with Crippen molar-refractivity contribution in [3.05, 3.63) is 108 Å². The van der Waals surface area contributed by atoms with Gasteiger partial charge in [0.05, 0.1) is 13.1 Å². The number of halogens is 3. The van der Waals surface area contributed by atoms with Crippen LogP contribution in [0.15, 0.2) is 95.5 Å². The summed E-state index contributed by atoms with van der Waals surface area (Å²) in [5, 5.41) is 16.5. The van der Waals surface area contributed by atoms with Crippen LogP contribution in [0.4, 0.5) is 13.2 Å². The number of esters is 1. The number of aromatic nitrogens is 2. The monoisotopic (exact) mass is 622 g/mol. The first-order chi connectivity index (χ1) is 21.6. The first-order valence-corrected chi connectivity index (χ1v) is 14.7. The highest BCUT2D eigenvalue weighted by Crippen LogP contribution is 2.37. The van der Waals surface area contributed by atoms with E-state index < -0.39 is 18.2 Å². The van der Waals surface area contributed by atoms with Gasteiger partial charge in [-0.05, 0) is 23.3 Å². The Labute approximate surface area is 258 Å². The fourth-order valence-corrected chi connectivity index (χ4v) is 5.91. The number of fused-ring (bicyclic) bond motifs is 3. The highest BCUT2D eigenvalue weighted by Gasteiger charge is 2.48. The van der Waals surface area contributed by atoms with Gasteiger partial charge < -0.3 is 23.6 Å². The zero-order valence-corrected chi connectivity index (χ0v) is 24.4. The molecule has 0 saturated carbocycles. The number of nitrogens with one attached hydrogen (secondary N) is 1. The Morgan fingerprint density at radius 3 is 2.13 bits per heavy atom. The molecule has 0 amide bonds. The average molecular weight is 623 g/mol. The third-order valence-electron chi connectivity index (χ3n) is 8.23. The minimum atomic E-state index is -5.19. The molecule has 1 aromatic heterocycles. The molecule has 2 atom stereocenters. The molecule has 3 aliphatic rings. The van der Waals surface area contributed by atoms with Gasteiger partial charge in [-0.1, -0.05) is 84.0 Å². The maximum absolute atomic E-state index is 13.6. The molecule has 236 valence electrons. The zero-order chi connectivity index (χ0) is 31.9. The molecule has 3 aromatic carbocycles. The summed E-state index contributed by atoms with van der Waals surface area (Å²) in [6.07, 6.45) is -3.24. The number of carboxylic acids is 1. The van der Waals surface area contributed by atoms with Gasteiger partial charge in [-0.2, -0.15) is 18.2 Å². The van der Waals surface area contributed by atoms with E-state index in [1.807, 2.05) is 78.9 Å². The van der Waals surface area contributed by atoms with E-state index in [0.717, 1.165) is 53.6 Å². The van der Waals surface area contributed by atoms with Crippen LogP contribution in [0.2, 0.25) is 0 Å². The van der Waals surface area contributed by atoms with Crippen LogP contribution in [0.3, 0.4) is 0 Å². The summed E-state index contributed by atoms with van der Waals surface area (Å²) in [6, 6.07) is 29.3. The van der Waals surface area contributed by atoms with Crippen LogP contribution in [0.5, 0.6) is 0 Å². The minimum Gasteiger partial charge on any atom is -0.542 e. The maximum atomic E-state index is 13.6. The molecule has 1 unspecified atom stereocenters. The van der Waals surface area contributed by atoms with Gasteiger partial charge in [0.25, 0.3) is 5.89 Å². The number of aliphatic carboxylic acids is 1. The van der Waals surface area contributed by atoms with Crippen LogP contribution in [0.25, 0.3) is 11.5 Å². The number of benzene rings is 3. The van der Waals surface area contributed by atoms with E-state index in [-0.39, 0.29) is 12.1 Å². The summed E-state index contributed by atoms with van der Waals surface area (Å²) in [7, 11) is 0. The lowest BCUT2D eigenvalue weighted by Gasteiger charge is -2.51. The molecule has 3 saturated heterocycles. The van der Waals surface area contributed by atoms with Gasteiger partial charge in [0.15, 0.2) is 6.10 Å². The number of carbonyl (C=O) groups excluding carboxylic acids is 2.